The molecule has 0 aliphatic rings. The summed E-state index contributed by atoms with van der Waals surface area (Å²) in [6, 6.07) is 3.62. The van der Waals surface area contributed by atoms with Gasteiger partial charge in [-0.25, -0.2) is 0 Å². The molecule has 0 heterocycles. The first-order valence-electron chi connectivity index (χ1n) is 5.14. The Kier molecular flexibility index (Phi) is 5.34. The predicted octanol–water partition coefficient (Wildman–Crippen LogP) is -1.45. The summed E-state index contributed by atoms with van der Waals surface area (Å²) in [4.78, 5) is 9.19. The average Bonchev–Trinajstić information content (AvgIpc) is 2.35. The molecule has 2 rings (SSSR count). The van der Waals surface area contributed by atoms with E-state index < -0.39 is 41.5 Å². The molecule has 0 saturated heterocycles. The van der Waals surface area contributed by atoms with Crippen molar-refractivity contribution in [2.45, 2.75) is 9.79 Å². The fourth-order valence-electron chi connectivity index (χ4n) is 1.78. The predicted molar refractivity (Wildman–Crippen MR) is 71.8 cm³/mol. The minimum atomic E-state index is -4.87. The molecule has 114 valence electrons. The smallest absolute Gasteiger partial charge is 1.00 e. The summed E-state index contributed by atoms with van der Waals surface area (Å²) in [7, 11) is -9.42. The van der Waals surface area contributed by atoms with E-state index in [2.05, 4.69) is 5.18 Å². The first-order valence-corrected chi connectivity index (χ1v) is 8.02. The fourth-order valence-corrected chi connectivity index (χ4v) is 2.91. The summed E-state index contributed by atoms with van der Waals surface area (Å²) in [5.41, 5.74) is -0.679. The Labute approximate surface area is 148 Å². The van der Waals surface area contributed by atoms with Gasteiger partial charge in [-0.3, -0.25) is 9.11 Å². The molecule has 3 N–H and O–H groups in total. The van der Waals surface area contributed by atoms with Crippen molar-refractivity contribution >= 4 is 36.7 Å². The molecule has 0 unspecified atom stereocenters. The number of hydrogen-bond acceptors (Lipinski definition) is 7. The summed E-state index contributed by atoms with van der Waals surface area (Å²) >= 11 is 0. The number of aromatic hydroxyl groups is 1. The fraction of sp³-hybridized carbons (Fsp3) is 0. The van der Waals surface area contributed by atoms with Gasteiger partial charge in [-0.05, 0) is 28.8 Å². The molecule has 0 aromatic heterocycles. The number of benzene rings is 2. The van der Waals surface area contributed by atoms with Gasteiger partial charge in [-0.1, -0.05) is 6.07 Å². The number of phenolic OH excluding ortho intramolecular Hbond substituents is 1. The Morgan fingerprint density at radius 2 is 1.59 bits per heavy atom. The van der Waals surface area contributed by atoms with Crippen molar-refractivity contribution in [2.75, 3.05) is 0 Å². The zero-order valence-electron chi connectivity index (χ0n) is 12.0. The molecule has 0 saturated carbocycles. The first-order chi connectivity index (χ1) is 9.55. The Balaban J connectivity index is 0.00000242. The van der Waals surface area contributed by atoms with E-state index in [-0.39, 0.29) is 41.8 Å². The number of nitrogens with zero attached hydrogens (tertiary/aromatic N) is 1. The van der Waals surface area contributed by atoms with Gasteiger partial charge >= 0.3 is 29.6 Å². The molecule has 0 amide bonds. The van der Waals surface area contributed by atoms with Crippen LogP contribution in [0.2, 0.25) is 0 Å². The van der Waals surface area contributed by atoms with Gasteiger partial charge in [0.15, 0.2) is 11.4 Å². The van der Waals surface area contributed by atoms with E-state index in [1.54, 1.807) is 0 Å². The average molecular weight is 357 g/mol. The van der Waals surface area contributed by atoms with Crippen LogP contribution in [-0.4, -0.2) is 31.0 Å². The van der Waals surface area contributed by atoms with E-state index in [1.165, 1.54) is 0 Å². The summed E-state index contributed by atoms with van der Waals surface area (Å²) in [6.45, 7) is 0. The molecule has 22 heavy (non-hydrogen) atoms. The maximum absolute atomic E-state index is 11.1. The van der Waals surface area contributed by atoms with Gasteiger partial charge in [0, 0.05) is 5.39 Å². The van der Waals surface area contributed by atoms with E-state index in [1.807, 2.05) is 0 Å². The molecule has 0 spiro atoms. The Morgan fingerprint density at radius 1 is 1.00 bits per heavy atom. The summed E-state index contributed by atoms with van der Waals surface area (Å²) in [5, 5.41) is 11.9. The van der Waals surface area contributed by atoms with Crippen LogP contribution in [0, 0.1) is 4.91 Å². The van der Waals surface area contributed by atoms with Crippen LogP contribution in [0.25, 0.3) is 10.8 Å². The van der Waals surface area contributed by atoms with E-state index in [4.69, 9.17) is 9.11 Å². The zero-order valence-corrected chi connectivity index (χ0v) is 14.6. The summed E-state index contributed by atoms with van der Waals surface area (Å²) < 4.78 is 62.2. The number of rotatable bonds is 3. The zero-order chi connectivity index (χ0) is 16.0. The second-order valence-corrected chi connectivity index (χ2v) is 6.81. The molecule has 12 heteroatoms. The molecule has 2 aromatic carbocycles. The van der Waals surface area contributed by atoms with Crippen LogP contribution >= 0.6 is 0 Å². The van der Waals surface area contributed by atoms with Gasteiger partial charge in [0.2, 0.25) is 0 Å². The molecular weight excluding hydrogens is 349 g/mol. The monoisotopic (exact) mass is 357 g/mol. The molecule has 0 bridgehead atoms. The van der Waals surface area contributed by atoms with Crippen LogP contribution in [0.5, 0.6) is 5.75 Å². The second-order valence-electron chi connectivity index (χ2n) is 4.00. The molecule has 2 aromatic rings. The van der Waals surface area contributed by atoms with Gasteiger partial charge in [0.05, 0.1) is 4.90 Å². The Bertz CT molecular complexity index is 974. The molecule has 0 aliphatic heterocycles. The topological polar surface area (TPSA) is 158 Å². The van der Waals surface area contributed by atoms with Gasteiger partial charge in [-0.2, -0.15) is 16.8 Å². The summed E-state index contributed by atoms with van der Waals surface area (Å²) in [5.74, 6) is -1.06. The van der Waals surface area contributed by atoms with Crippen molar-refractivity contribution in [1.82, 2.24) is 0 Å². The second kappa shape index (κ2) is 6.20. The van der Waals surface area contributed by atoms with Crippen LogP contribution in [0.4, 0.5) is 5.69 Å². The Hall–Kier alpha value is -1.08. The van der Waals surface area contributed by atoms with E-state index in [0.717, 1.165) is 24.3 Å². The van der Waals surface area contributed by atoms with Crippen molar-refractivity contribution in [3.05, 3.63) is 29.2 Å². The van der Waals surface area contributed by atoms with E-state index in [0.29, 0.717) is 0 Å². The molecule has 0 fully saturated rings. The third-order valence-electron chi connectivity index (χ3n) is 2.69. The molecular formula is C10H8NNaO8S2. The minimum Gasteiger partial charge on any atom is -1.00 e. The van der Waals surface area contributed by atoms with Gasteiger partial charge in [0.1, 0.15) is 4.90 Å². The van der Waals surface area contributed by atoms with Crippen molar-refractivity contribution in [2.24, 2.45) is 5.18 Å². The quantitative estimate of drug-likeness (QED) is 0.342. The van der Waals surface area contributed by atoms with Gasteiger partial charge in [0.25, 0.3) is 20.2 Å². The van der Waals surface area contributed by atoms with E-state index in [9.17, 15) is 26.8 Å². The van der Waals surface area contributed by atoms with Crippen LogP contribution in [-0.2, 0) is 20.2 Å². The third kappa shape index (κ3) is 3.46. The molecule has 0 radical (unpaired) electrons. The standard InChI is InChI=1S/C10H7NO8S2.Na.H/c12-10-8(21(17,18)19)4-5-3-6(20(14,15)16)1-2-7(5)9(10)11-13;;/h1-4,12H,(H,14,15,16)(H,17,18,19);;/q;+1;-1. The number of fused-ring (bicyclic) bond motifs is 1. The van der Waals surface area contributed by atoms with Crippen molar-refractivity contribution in [3.8, 4) is 5.75 Å². The van der Waals surface area contributed by atoms with Gasteiger partial charge in [-0.15, -0.1) is 4.91 Å². The third-order valence-corrected chi connectivity index (χ3v) is 4.41. The molecule has 0 aliphatic carbocycles. The normalized spacial score (nSPS) is 11.9. The SMILES string of the molecule is O=Nc1c(O)c(S(=O)(=O)O)cc2cc(S(=O)(=O)O)ccc12.[H-].[Na+]. The number of nitroso groups, excluding NO2 is 1. The van der Waals surface area contributed by atoms with Gasteiger partial charge < -0.3 is 6.53 Å². The van der Waals surface area contributed by atoms with Crippen LogP contribution in [0.1, 0.15) is 1.43 Å². The van der Waals surface area contributed by atoms with Crippen LogP contribution in [0.15, 0.2) is 39.2 Å². The van der Waals surface area contributed by atoms with Crippen LogP contribution < -0.4 is 29.6 Å². The maximum Gasteiger partial charge on any atom is 1.00 e. The minimum absolute atomic E-state index is 0. The van der Waals surface area contributed by atoms with Crippen molar-refractivity contribution in [3.63, 3.8) is 0 Å². The largest absolute Gasteiger partial charge is 1.00 e. The maximum atomic E-state index is 11.1. The molecule has 9 nitrogen and oxygen atoms in total. The molecule has 0 atom stereocenters. The van der Waals surface area contributed by atoms with Crippen molar-refractivity contribution in [1.29, 1.82) is 0 Å². The van der Waals surface area contributed by atoms with Crippen LogP contribution in [0.3, 0.4) is 0 Å². The number of phenols is 1. The first kappa shape index (κ1) is 19.0. The summed E-state index contributed by atoms with van der Waals surface area (Å²) in [6.07, 6.45) is 0. The number of hydrogen-bond donors (Lipinski definition) is 3. The van der Waals surface area contributed by atoms with Crippen molar-refractivity contribution < 1.29 is 62.0 Å². The Morgan fingerprint density at radius 3 is 2.05 bits per heavy atom. The van der Waals surface area contributed by atoms with E-state index >= 15 is 0 Å².